The third-order valence-electron chi connectivity index (χ3n) is 1.78. The molecule has 2 heterocycles. The molecule has 0 aliphatic rings. The van der Waals surface area contributed by atoms with Gasteiger partial charge in [0.2, 0.25) is 0 Å². The average molecular weight is 317 g/mol. The van der Waals surface area contributed by atoms with Gasteiger partial charge in [0, 0.05) is 18.5 Å². The maximum absolute atomic E-state index is 4.27. The van der Waals surface area contributed by atoms with Crippen LogP contribution < -0.4 is 0 Å². The Hall–Kier alpha value is -0.680. The molecule has 0 amide bonds. The van der Waals surface area contributed by atoms with E-state index >= 15 is 0 Å². The van der Waals surface area contributed by atoms with Crippen molar-refractivity contribution in [2.45, 2.75) is 6.54 Å². The van der Waals surface area contributed by atoms with Crippen molar-refractivity contribution >= 4 is 31.9 Å². The van der Waals surface area contributed by atoms with Crippen molar-refractivity contribution in [3.63, 3.8) is 0 Å². The quantitative estimate of drug-likeness (QED) is 0.853. The summed E-state index contributed by atoms with van der Waals surface area (Å²) >= 11 is 6.75. The number of rotatable bonds is 2. The molecule has 0 saturated heterocycles. The van der Waals surface area contributed by atoms with Crippen LogP contribution in [0.2, 0.25) is 0 Å². The molecule has 14 heavy (non-hydrogen) atoms. The summed E-state index contributed by atoms with van der Waals surface area (Å²) in [6.07, 6.45) is 3.56. The van der Waals surface area contributed by atoms with Gasteiger partial charge >= 0.3 is 0 Å². The van der Waals surface area contributed by atoms with Crippen molar-refractivity contribution in [1.29, 1.82) is 0 Å². The van der Waals surface area contributed by atoms with Crippen molar-refractivity contribution in [2.75, 3.05) is 0 Å². The molecule has 0 bridgehead atoms. The van der Waals surface area contributed by atoms with E-state index in [0.29, 0.717) is 0 Å². The summed E-state index contributed by atoms with van der Waals surface area (Å²) in [5.41, 5.74) is 1.18. The summed E-state index contributed by atoms with van der Waals surface area (Å²) in [7, 11) is 0. The molecule has 0 aliphatic carbocycles. The zero-order valence-electron chi connectivity index (χ0n) is 7.19. The van der Waals surface area contributed by atoms with E-state index in [1.807, 2.05) is 22.9 Å². The molecule has 0 unspecified atom stereocenters. The van der Waals surface area contributed by atoms with E-state index in [4.69, 9.17) is 0 Å². The number of pyridine rings is 1. The van der Waals surface area contributed by atoms with Gasteiger partial charge in [0.25, 0.3) is 0 Å². The van der Waals surface area contributed by atoms with E-state index in [2.05, 4.69) is 41.9 Å². The van der Waals surface area contributed by atoms with Gasteiger partial charge in [-0.2, -0.15) is 5.10 Å². The van der Waals surface area contributed by atoms with Crippen LogP contribution in [-0.4, -0.2) is 14.8 Å². The molecule has 0 aliphatic heterocycles. The first kappa shape index (κ1) is 9.86. The summed E-state index contributed by atoms with van der Waals surface area (Å²) in [5.74, 6) is 0. The van der Waals surface area contributed by atoms with Crippen LogP contribution in [0.5, 0.6) is 0 Å². The molecule has 2 aromatic heterocycles. The Morgan fingerprint density at radius 2 is 1.93 bits per heavy atom. The molecule has 5 heteroatoms. The molecule has 2 aromatic rings. The Morgan fingerprint density at radius 3 is 2.50 bits per heavy atom. The fourth-order valence-corrected chi connectivity index (χ4v) is 2.27. The minimum absolute atomic E-state index is 0.745. The molecule has 3 nitrogen and oxygen atoms in total. The minimum Gasteiger partial charge on any atom is -0.265 e. The summed E-state index contributed by atoms with van der Waals surface area (Å²) in [6, 6.07) is 5.87. The van der Waals surface area contributed by atoms with Gasteiger partial charge in [-0.05, 0) is 49.6 Å². The Bertz CT molecular complexity index is 425. The standard InChI is InChI=1S/C9H7Br2N3/c10-8-5-9(11)14(13-8)6-7-1-3-12-4-2-7/h1-5H,6H2. The monoisotopic (exact) mass is 315 g/mol. The molecular formula is C9H7Br2N3. The molecule has 0 N–H and O–H groups in total. The number of halogens is 2. The van der Waals surface area contributed by atoms with Crippen LogP contribution in [0.3, 0.4) is 0 Å². The third-order valence-corrected chi connectivity index (χ3v) is 2.81. The van der Waals surface area contributed by atoms with Crippen LogP contribution in [-0.2, 0) is 6.54 Å². The Kier molecular flexibility index (Phi) is 2.98. The van der Waals surface area contributed by atoms with Crippen LogP contribution >= 0.6 is 31.9 Å². The fourth-order valence-electron chi connectivity index (χ4n) is 1.14. The Labute approximate surface area is 98.4 Å². The van der Waals surface area contributed by atoms with Gasteiger partial charge in [0.1, 0.15) is 9.21 Å². The molecule has 0 radical (unpaired) electrons. The first-order valence-electron chi connectivity index (χ1n) is 4.03. The average Bonchev–Trinajstić information content (AvgIpc) is 2.47. The zero-order valence-corrected chi connectivity index (χ0v) is 10.4. The van der Waals surface area contributed by atoms with Crippen LogP contribution in [0.4, 0.5) is 0 Å². The lowest BCUT2D eigenvalue weighted by molar-refractivity contribution is 0.666. The van der Waals surface area contributed by atoms with Crippen molar-refractivity contribution < 1.29 is 0 Å². The number of nitrogens with zero attached hydrogens (tertiary/aromatic N) is 3. The second-order valence-corrected chi connectivity index (χ2v) is 4.43. The molecule has 0 spiro atoms. The normalized spacial score (nSPS) is 10.4. The zero-order chi connectivity index (χ0) is 9.97. The summed E-state index contributed by atoms with van der Waals surface area (Å²) < 4.78 is 3.67. The molecule has 72 valence electrons. The van der Waals surface area contributed by atoms with E-state index < -0.39 is 0 Å². The first-order chi connectivity index (χ1) is 6.75. The van der Waals surface area contributed by atoms with Gasteiger partial charge in [0.05, 0.1) is 6.54 Å². The van der Waals surface area contributed by atoms with Crippen molar-refractivity contribution in [1.82, 2.24) is 14.8 Å². The van der Waals surface area contributed by atoms with E-state index in [1.165, 1.54) is 5.56 Å². The minimum atomic E-state index is 0.745. The lowest BCUT2D eigenvalue weighted by atomic mass is 10.3. The highest BCUT2D eigenvalue weighted by atomic mass is 79.9. The highest BCUT2D eigenvalue weighted by molar-refractivity contribution is 9.11. The second-order valence-electron chi connectivity index (χ2n) is 2.80. The van der Waals surface area contributed by atoms with Crippen molar-refractivity contribution in [3.8, 4) is 0 Å². The van der Waals surface area contributed by atoms with Gasteiger partial charge in [0.15, 0.2) is 0 Å². The van der Waals surface area contributed by atoms with Crippen molar-refractivity contribution in [3.05, 3.63) is 45.4 Å². The largest absolute Gasteiger partial charge is 0.265 e. The van der Waals surface area contributed by atoms with E-state index in [9.17, 15) is 0 Å². The van der Waals surface area contributed by atoms with Crippen LogP contribution in [0.15, 0.2) is 39.8 Å². The van der Waals surface area contributed by atoms with Crippen molar-refractivity contribution in [2.24, 2.45) is 0 Å². The number of hydrogen-bond acceptors (Lipinski definition) is 2. The highest BCUT2D eigenvalue weighted by Gasteiger charge is 2.03. The fraction of sp³-hybridized carbons (Fsp3) is 0.111. The SMILES string of the molecule is Brc1cc(Br)n(Cc2ccncc2)n1. The Morgan fingerprint density at radius 1 is 1.21 bits per heavy atom. The van der Waals surface area contributed by atoms with Gasteiger partial charge in [-0.25, -0.2) is 0 Å². The van der Waals surface area contributed by atoms with Crippen LogP contribution in [0.1, 0.15) is 5.56 Å². The first-order valence-corrected chi connectivity index (χ1v) is 5.62. The predicted molar refractivity (Wildman–Crippen MR) is 61.0 cm³/mol. The molecule has 0 aromatic carbocycles. The molecule has 0 saturated carbocycles. The number of hydrogen-bond donors (Lipinski definition) is 0. The molecule has 2 rings (SSSR count). The van der Waals surface area contributed by atoms with Gasteiger partial charge < -0.3 is 0 Å². The van der Waals surface area contributed by atoms with E-state index in [1.54, 1.807) is 12.4 Å². The lowest BCUT2D eigenvalue weighted by Crippen LogP contribution is -2.01. The smallest absolute Gasteiger partial charge is 0.129 e. The van der Waals surface area contributed by atoms with E-state index in [0.717, 1.165) is 15.8 Å². The lowest BCUT2D eigenvalue weighted by Gasteiger charge is -2.02. The second kappa shape index (κ2) is 4.23. The number of aromatic nitrogens is 3. The maximum atomic E-state index is 4.27. The Balaban J connectivity index is 2.23. The maximum Gasteiger partial charge on any atom is 0.129 e. The summed E-state index contributed by atoms with van der Waals surface area (Å²) in [5, 5.41) is 4.27. The third kappa shape index (κ3) is 2.22. The molecule has 0 atom stereocenters. The van der Waals surface area contributed by atoms with Gasteiger partial charge in [-0.3, -0.25) is 9.67 Å². The molecular weight excluding hydrogens is 310 g/mol. The topological polar surface area (TPSA) is 30.7 Å². The van der Waals surface area contributed by atoms with Gasteiger partial charge in [-0.15, -0.1) is 0 Å². The van der Waals surface area contributed by atoms with Gasteiger partial charge in [-0.1, -0.05) is 0 Å². The summed E-state index contributed by atoms with van der Waals surface area (Å²) in [4.78, 5) is 3.96. The van der Waals surface area contributed by atoms with E-state index in [-0.39, 0.29) is 0 Å². The highest BCUT2D eigenvalue weighted by Crippen LogP contribution is 2.17. The van der Waals surface area contributed by atoms with Crippen LogP contribution in [0, 0.1) is 0 Å². The van der Waals surface area contributed by atoms with Crippen LogP contribution in [0.25, 0.3) is 0 Å². The summed E-state index contributed by atoms with van der Waals surface area (Å²) in [6.45, 7) is 0.745. The predicted octanol–water partition coefficient (Wildman–Crippen LogP) is 2.85. The molecule has 0 fully saturated rings.